The van der Waals surface area contributed by atoms with Gasteiger partial charge in [0.2, 0.25) is 5.69 Å². The Labute approximate surface area is 102 Å². The van der Waals surface area contributed by atoms with Crippen LogP contribution in [0.4, 0.5) is 0 Å². The van der Waals surface area contributed by atoms with Crippen molar-refractivity contribution in [3.8, 4) is 0 Å². The van der Waals surface area contributed by atoms with Crippen LogP contribution in [0.1, 0.15) is 27.7 Å². The molecule has 0 aliphatic heterocycles. The van der Waals surface area contributed by atoms with Gasteiger partial charge in [-0.15, -0.1) is 0 Å². The summed E-state index contributed by atoms with van der Waals surface area (Å²) in [6.45, 7) is 8.31. The molecule has 15 heavy (non-hydrogen) atoms. The van der Waals surface area contributed by atoms with Gasteiger partial charge in [-0.3, -0.25) is 4.52 Å². The second-order valence-corrected chi connectivity index (χ2v) is 8.53. The monoisotopic (exact) mass is 274 g/mol. The van der Waals surface area contributed by atoms with Gasteiger partial charge < -0.3 is 14.4 Å². The predicted molar refractivity (Wildman–Crippen MR) is 67.7 cm³/mol. The third-order valence-electron chi connectivity index (χ3n) is 1.64. The minimum absolute atomic E-state index is 0.449. The first kappa shape index (κ1) is 15.8. The minimum Gasteiger partial charge on any atom is -0.371 e. The van der Waals surface area contributed by atoms with E-state index in [1.807, 2.05) is 27.7 Å². The molecule has 2 unspecified atom stereocenters. The summed E-state index contributed by atoms with van der Waals surface area (Å²) in [4.78, 5) is 9.38. The molecule has 0 rings (SSSR count). The van der Waals surface area contributed by atoms with Crippen LogP contribution >= 0.6 is 17.9 Å². The summed E-state index contributed by atoms with van der Waals surface area (Å²) in [5, 5.41) is 0. The van der Waals surface area contributed by atoms with Gasteiger partial charge in [-0.25, -0.2) is 0 Å². The van der Waals surface area contributed by atoms with Gasteiger partial charge in [-0.2, -0.15) is 0 Å². The number of thiol groups is 1. The SMILES string of the molecule is CCOC(OP(O)(=S)S)C(C)(C)OCC. The molecule has 0 saturated heterocycles. The van der Waals surface area contributed by atoms with E-state index in [1.165, 1.54) is 0 Å². The summed E-state index contributed by atoms with van der Waals surface area (Å²) in [6, 6.07) is 0. The third kappa shape index (κ3) is 6.89. The number of hydrogen-bond donors (Lipinski definition) is 2. The Morgan fingerprint density at radius 3 is 2.27 bits per heavy atom. The Bertz CT molecular complexity index is 229. The van der Waals surface area contributed by atoms with Gasteiger partial charge in [0.15, 0.2) is 6.29 Å². The van der Waals surface area contributed by atoms with Gasteiger partial charge in [0, 0.05) is 13.2 Å². The number of hydrogen-bond acceptors (Lipinski definition) is 4. The van der Waals surface area contributed by atoms with E-state index >= 15 is 0 Å². The van der Waals surface area contributed by atoms with Crippen molar-refractivity contribution in [2.45, 2.75) is 39.6 Å². The highest BCUT2D eigenvalue weighted by molar-refractivity contribution is 8.59. The predicted octanol–water partition coefficient (Wildman–Crippen LogP) is 2.33. The third-order valence-corrected chi connectivity index (χ3v) is 2.64. The number of rotatable bonds is 7. The lowest BCUT2D eigenvalue weighted by Gasteiger charge is -2.34. The van der Waals surface area contributed by atoms with E-state index in [4.69, 9.17) is 25.8 Å². The van der Waals surface area contributed by atoms with Crippen LogP contribution in [0.2, 0.25) is 0 Å². The molecule has 92 valence electrons. The van der Waals surface area contributed by atoms with Gasteiger partial charge in [0.05, 0.1) is 0 Å². The molecular formula is C8H19O4PS2. The maximum absolute atomic E-state index is 9.38. The molecule has 0 aromatic rings. The summed E-state index contributed by atoms with van der Waals surface area (Å²) in [5.41, 5.74) is -3.72. The highest BCUT2D eigenvalue weighted by atomic mass is 32.9. The Morgan fingerprint density at radius 2 is 1.93 bits per heavy atom. The average molecular weight is 274 g/mol. The summed E-state index contributed by atoms with van der Waals surface area (Å²) in [7, 11) is 0. The largest absolute Gasteiger partial charge is 0.371 e. The van der Waals surface area contributed by atoms with Crippen molar-refractivity contribution in [1.29, 1.82) is 0 Å². The maximum atomic E-state index is 9.38. The van der Waals surface area contributed by atoms with Crippen LogP contribution in [0.25, 0.3) is 0 Å². The van der Waals surface area contributed by atoms with Crippen LogP contribution < -0.4 is 0 Å². The van der Waals surface area contributed by atoms with Crippen molar-refractivity contribution in [3.63, 3.8) is 0 Å². The first-order chi connectivity index (χ1) is 6.73. The molecule has 0 aromatic heterocycles. The molecule has 2 atom stereocenters. The molecule has 0 bridgehead atoms. The number of ether oxygens (including phenoxy) is 2. The van der Waals surface area contributed by atoms with Gasteiger partial charge in [-0.1, -0.05) is 12.2 Å². The van der Waals surface area contributed by atoms with Gasteiger partial charge in [0.1, 0.15) is 5.60 Å². The van der Waals surface area contributed by atoms with Crippen molar-refractivity contribution in [2.75, 3.05) is 13.2 Å². The molecular weight excluding hydrogens is 255 g/mol. The molecule has 7 heteroatoms. The van der Waals surface area contributed by atoms with E-state index in [0.29, 0.717) is 13.2 Å². The lowest BCUT2D eigenvalue weighted by Crippen LogP contribution is -2.42. The lowest BCUT2D eigenvalue weighted by atomic mass is 10.1. The zero-order valence-corrected chi connectivity index (χ0v) is 12.1. The molecule has 0 aromatic carbocycles. The molecule has 0 heterocycles. The Kier molecular flexibility index (Phi) is 6.91. The fourth-order valence-corrected chi connectivity index (χ4v) is 2.13. The fraction of sp³-hybridized carbons (Fsp3) is 1.00. The topological polar surface area (TPSA) is 47.9 Å². The smallest absolute Gasteiger partial charge is 0.244 e. The Hall–Kier alpha value is 0.840. The van der Waals surface area contributed by atoms with Crippen LogP contribution in [-0.2, 0) is 25.8 Å². The summed E-state index contributed by atoms with van der Waals surface area (Å²) >= 11 is 8.51. The first-order valence-corrected chi connectivity index (χ1v) is 8.55. The van der Waals surface area contributed by atoms with Crippen LogP contribution in [0, 0.1) is 0 Å². The highest BCUT2D eigenvalue weighted by Crippen LogP contribution is 2.50. The average Bonchev–Trinajstić information content (AvgIpc) is 2.01. The molecule has 0 aliphatic rings. The molecule has 0 amide bonds. The Balaban J connectivity index is 4.57. The minimum atomic E-state index is -3.05. The van der Waals surface area contributed by atoms with Gasteiger partial charge in [-0.05, 0) is 39.5 Å². The highest BCUT2D eigenvalue weighted by Gasteiger charge is 2.34. The normalized spacial score (nSPS) is 18.5. The van der Waals surface area contributed by atoms with E-state index in [-0.39, 0.29) is 0 Å². The van der Waals surface area contributed by atoms with Crippen LogP contribution in [0.15, 0.2) is 0 Å². The fourth-order valence-electron chi connectivity index (χ4n) is 1.07. The summed E-state index contributed by atoms with van der Waals surface area (Å²) in [6.07, 6.45) is -0.712. The first-order valence-electron chi connectivity index (χ1n) is 4.72. The van der Waals surface area contributed by atoms with E-state index in [2.05, 4.69) is 12.2 Å². The second kappa shape index (κ2) is 6.55. The zero-order valence-electron chi connectivity index (χ0n) is 9.47. The molecule has 0 radical (unpaired) electrons. The van der Waals surface area contributed by atoms with E-state index in [1.54, 1.807) is 0 Å². The molecule has 0 saturated carbocycles. The molecule has 0 aliphatic carbocycles. The summed E-state index contributed by atoms with van der Waals surface area (Å²) in [5.74, 6) is 0. The van der Waals surface area contributed by atoms with Gasteiger partial charge in [0.25, 0.3) is 0 Å². The molecule has 4 nitrogen and oxygen atoms in total. The molecule has 0 fully saturated rings. The zero-order chi connectivity index (χ0) is 12.1. The Morgan fingerprint density at radius 1 is 1.40 bits per heavy atom. The molecule has 0 spiro atoms. The van der Waals surface area contributed by atoms with Crippen molar-refractivity contribution < 1.29 is 18.9 Å². The van der Waals surface area contributed by atoms with E-state index < -0.39 is 17.6 Å². The quantitative estimate of drug-likeness (QED) is 0.424. The lowest BCUT2D eigenvalue weighted by molar-refractivity contribution is -0.200. The second-order valence-electron chi connectivity index (χ2n) is 3.42. The van der Waals surface area contributed by atoms with Crippen molar-refractivity contribution >= 4 is 29.7 Å². The van der Waals surface area contributed by atoms with Crippen molar-refractivity contribution in [2.24, 2.45) is 0 Å². The van der Waals surface area contributed by atoms with Crippen molar-refractivity contribution in [3.05, 3.63) is 0 Å². The summed E-state index contributed by atoms with van der Waals surface area (Å²) < 4.78 is 16.0. The van der Waals surface area contributed by atoms with Gasteiger partial charge >= 0.3 is 0 Å². The maximum Gasteiger partial charge on any atom is 0.244 e. The van der Waals surface area contributed by atoms with Crippen LogP contribution in [0.5, 0.6) is 0 Å². The van der Waals surface area contributed by atoms with Crippen molar-refractivity contribution in [1.82, 2.24) is 0 Å². The van der Waals surface area contributed by atoms with Crippen LogP contribution in [-0.4, -0.2) is 30.0 Å². The molecule has 1 N–H and O–H groups in total. The van der Waals surface area contributed by atoms with E-state index in [9.17, 15) is 4.89 Å². The van der Waals surface area contributed by atoms with E-state index in [0.717, 1.165) is 0 Å². The van der Waals surface area contributed by atoms with Crippen LogP contribution in [0.3, 0.4) is 0 Å². The standard InChI is InChI=1S/C8H19O4PS2/c1-5-10-7(12-13(9,14)15)8(3,4)11-6-2/h7H,5-6H2,1-4H3,(H2,9,14,15).